The molecule has 0 aliphatic heterocycles. The minimum Gasteiger partial charge on any atom is -0.457 e. The normalized spacial score (nSPS) is 11.5. The first kappa shape index (κ1) is 39.1. The van der Waals surface area contributed by atoms with Crippen LogP contribution in [-0.2, 0) is 0 Å². The standard InChI is InChI=1S/C62H40N2O4/c1-5-17-41(18-6-1)63(43-29-33-47(34-30-43)65-45-21-9-3-10-22-45)54-39-57-59(51-27-15-13-25-49(51)54)53-37-38-56-61(62(53)68-57)60-52-28-16-14-26-50(52)55(40-58(60)67-56)64(42-19-7-2-8-20-42)44-31-35-48(36-32-44)66-46-23-11-4-12-24-46/h1-40H. The Morgan fingerprint density at radius 1 is 0.265 bits per heavy atom. The van der Waals surface area contributed by atoms with E-state index in [-0.39, 0.29) is 0 Å². The van der Waals surface area contributed by atoms with Crippen LogP contribution in [0.5, 0.6) is 23.0 Å². The summed E-state index contributed by atoms with van der Waals surface area (Å²) in [6.07, 6.45) is 0. The van der Waals surface area contributed by atoms with Gasteiger partial charge in [-0.25, -0.2) is 0 Å². The monoisotopic (exact) mass is 876 g/mol. The van der Waals surface area contributed by atoms with Crippen molar-refractivity contribution in [1.82, 2.24) is 0 Å². The molecule has 0 amide bonds. The fraction of sp³-hybridized carbons (Fsp3) is 0. The summed E-state index contributed by atoms with van der Waals surface area (Å²) in [5.74, 6) is 3.10. The van der Waals surface area contributed by atoms with Crippen molar-refractivity contribution in [3.8, 4) is 23.0 Å². The molecule has 2 heterocycles. The second kappa shape index (κ2) is 16.3. The Labute approximate surface area is 391 Å². The van der Waals surface area contributed by atoms with E-state index in [0.717, 1.165) is 123 Å². The smallest absolute Gasteiger partial charge is 0.147 e. The van der Waals surface area contributed by atoms with E-state index in [9.17, 15) is 0 Å². The zero-order valence-corrected chi connectivity index (χ0v) is 36.6. The second-order valence-corrected chi connectivity index (χ2v) is 16.8. The third-order valence-corrected chi connectivity index (χ3v) is 12.7. The molecule has 0 bridgehead atoms. The number of hydrogen-bond donors (Lipinski definition) is 0. The molecule has 0 fully saturated rings. The summed E-state index contributed by atoms with van der Waals surface area (Å²) in [6.45, 7) is 0. The minimum atomic E-state index is 0.760. The zero-order valence-electron chi connectivity index (χ0n) is 36.6. The van der Waals surface area contributed by atoms with Gasteiger partial charge in [-0.1, -0.05) is 121 Å². The number of ether oxygens (including phenoxy) is 2. The number of furan rings is 2. The Morgan fingerprint density at radius 2 is 0.647 bits per heavy atom. The van der Waals surface area contributed by atoms with Gasteiger partial charge in [0.1, 0.15) is 45.3 Å². The molecule has 0 N–H and O–H groups in total. The number of anilines is 6. The highest BCUT2D eigenvalue weighted by Gasteiger charge is 2.25. The van der Waals surface area contributed by atoms with Gasteiger partial charge >= 0.3 is 0 Å². The molecule has 0 spiro atoms. The van der Waals surface area contributed by atoms with Crippen molar-refractivity contribution in [3.05, 3.63) is 243 Å². The van der Waals surface area contributed by atoms with E-state index in [0.29, 0.717) is 0 Å². The first-order valence-corrected chi connectivity index (χ1v) is 22.7. The van der Waals surface area contributed by atoms with Gasteiger partial charge in [-0.3, -0.25) is 0 Å². The number of fused-ring (bicyclic) bond motifs is 11. The number of rotatable bonds is 10. The summed E-state index contributed by atoms with van der Waals surface area (Å²) >= 11 is 0. The fourth-order valence-corrected chi connectivity index (χ4v) is 9.73. The van der Waals surface area contributed by atoms with Gasteiger partial charge in [0.15, 0.2) is 0 Å². The van der Waals surface area contributed by atoms with E-state index in [1.165, 1.54) is 0 Å². The molecule has 0 saturated carbocycles. The summed E-state index contributed by atoms with van der Waals surface area (Å²) in [6, 6.07) is 83.0. The maximum absolute atomic E-state index is 7.18. The third kappa shape index (κ3) is 6.74. The molecule has 0 aliphatic rings. The van der Waals surface area contributed by atoms with Crippen LogP contribution >= 0.6 is 0 Å². The molecule has 0 atom stereocenters. The largest absolute Gasteiger partial charge is 0.457 e. The van der Waals surface area contributed by atoms with Crippen LogP contribution in [0.2, 0.25) is 0 Å². The molecule has 0 aliphatic carbocycles. The fourth-order valence-electron chi connectivity index (χ4n) is 9.73. The lowest BCUT2D eigenvalue weighted by Crippen LogP contribution is -2.10. The third-order valence-electron chi connectivity index (χ3n) is 12.7. The molecule has 0 unspecified atom stereocenters. The minimum absolute atomic E-state index is 0.760. The highest BCUT2D eigenvalue weighted by molar-refractivity contribution is 6.32. The van der Waals surface area contributed by atoms with Crippen LogP contribution in [0.15, 0.2) is 251 Å². The van der Waals surface area contributed by atoms with E-state index in [4.69, 9.17) is 18.3 Å². The molecular weight excluding hydrogens is 837 g/mol. The molecule has 0 radical (unpaired) electrons. The molecule has 13 aromatic rings. The summed E-state index contributed by atoms with van der Waals surface area (Å²) in [4.78, 5) is 4.58. The van der Waals surface area contributed by atoms with Gasteiger partial charge in [0.2, 0.25) is 0 Å². The van der Waals surface area contributed by atoms with Gasteiger partial charge in [-0.15, -0.1) is 0 Å². The quantitative estimate of drug-likeness (QED) is 0.136. The Kier molecular flexibility index (Phi) is 9.39. The van der Waals surface area contributed by atoms with Crippen molar-refractivity contribution in [3.63, 3.8) is 0 Å². The number of benzene rings is 11. The lowest BCUT2D eigenvalue weighted by atomic mass is 9.98. The molecule has 6 heteroatoms. The van der Waals surface area contributed by atoms with Crippen LogP contribution in [0.3, 0.4) is 0 Å². The Bertz CT molecular complexity index is 3950. The summed E-state index contributed by atoms with van der Waals surface area (Å²) < 4.78 is 26.5. The lowest BCUT2D eigenvalue weighted by molar-refractivity contribution is 0.482. The summed E-state index contributed by atoms with van der Waals surface area (Å²) in [5, 5.41) is 8.40. The average molecular weight is 877 g/mol. The molecule has 322 valence electrons. The average Bonchev–Trinajstić information content (AvgIpc) is 3.98. The number of hydrogen-bond acceptors (Lipinski definition) is 6. The van der Waals surface area contributed by atoms with E-state index in [1.807, 2.05) is 97.1 Å². The Balaban J connectivity index is 0.986. The van der Waals surface area contributed by atoms with Gasteiger partial charge in [0.05, 0.1) is 16.8 Å². The highest BCUT2D eigenvalue weighted by atomic mass is 16.5. The molecule has 13 rings (SSSR count). The Hall–Kier alpha value is -9.26. The van der Waals surface area contributed by atoms with E-state index in [2.05, 4.69) is 155 Å². The summed E-state index contributed by atoms with van der Waals surface area (Å²) in [7, 11) is 0. The van der Waals surface area contributed by atoms with Gasteiger partial charge in [0.25, 0.3) is 0 Å². The molecule has 2 aromatic heterocycles. The van der Waals surface area contributed by atoms with Crippen molar-refractivity contribution in [1.29, 1.82) is 0 Å². The molecular formula is C62H40N2O4. The van der Waals surface area contributed by atoms with Gasteiger partial charge < -0.3 is 28.1 Å². The van der Waals surface area contributed by atoms with Crippen molar-refractivity contribution in [2.75, 3.05) is 9.80 Å². The van der Waals surface area contributed by atoms with E-state index >= 15 is 0 Å². The van der Waals surface area contributed by atoms with Crippen LogP contribution in [0.4, 0.5) is 34.1 Å². The predicted octanol–water partition coefficient (Wildman–Crippen LogP) is 18.3. The van der Waals surface area contributed by atoms with Crippen LogP contribution < -0.4 is 19.3 Å². The first-order chi connectivity index (χ1) is 33.7. The van der Waals surface area contributed by atoms with Gasteiger partial charge in [-0.2, -0.15) is 0 Å². The maximum atomic E-state index is 7.18. The number of nitrogens with zero attached hydrogens (tertiary/aromatic N) is 2. The topological polar surface area (TPSA) is 51.2 Å². The molecule has 68 heavy (non-hydrogen) atoms. The molecule has 0 saturated heterocycles. The summed E-state index contributed by atoms with van der Waals surface area (Å²) in [5.41, 5.74) is 9.12. The molecule has 6 nitrogen and oxygen atoms in total. The van der Waals surface area contributed by atoms with E-state index < -0.39 is 0 Å². The first-order valence-electron chi connectivity index (χ1n) is 22.7. The van der Waals surface area contributed by atoms with Crippen molar-refractivity contribution < 1.29 is 18.3 Å². The maximum Gasteiger partial charge on any atom is 0.147 e. The van der Waals surface area contributed by atoms with Crippen molar-refractivity contribution in [2.45, 2.75) is 0 Å². The van der Waals surface area contributed by atoms with Crippen LogP contribution in [0, 0.1) is 0 Å². The van der Waals surface area contributed by atoms with Crippen molar-refractivity contribution >= 4 is 99.5 Å². The number of para-hydroxylation sites is 4. The van der Waals surface area contributed by atoms with Crippen LogP contribution in [0.1, 0.15) is 0 Å². The van der Waals surface area contributed by atoms with Crippen LogP contribution in [0.25, 0.3) is 65.4 Å². The van der Waals surface area contributed by atoms with Crippen LogP contribution in [-0.4, -0.2) is 0 Å². The van der Waals surface area contributed by atoms with Crippen molar-refractivity contribution in [2.24, 2.45) is 0 Å². The lowest BCUT2D eigenvalue weighted by Gasteiger charge is -2.27. The second-order valence-electron chi connectivity index (χ2n) is 16.8. The van der Waals surface area contributed by atoms with Gasteiger partial charge in [-0.05, 0) is 120 Å². The predicted molar refractivity (Wildman–Crippen MR) is 278 cm³/mol. The van der Waals surface area contributed by atoms with Gasteiger partial charge in [0, 0.05) is 61.8 Å². The highest BCUT2D eigenvalue weighted by Crippen LogP contribution is 2.50. The van der Waals surface area contributed by atoms with E-state index in [1.54, 1.807) is 0 Å². The SMILES string of the molecule is c1ccc(Oc2ccc(N(c3ccccc3)c3cc4oc5c(ccc6oc7cc(N(c8ccccc8)c8ccc(Oc9ccccc9)cc8)c8ccccc8c7c65)c4c4ccccc34)cc2)cc1. The molecule has 11 aromatic carbocycles. The Morgan fingerprint density at radius 3 is 1.13 bits per heavy atom. The zero-order chi connectivity index (χ0) is 45.0.